The summed E-state index contributed by atoms with van der Waals surface area (Å²) >= 11 is 3.48. The number of aromatic nitrogens is 2. The Morgan fingerprint density at radius 1 is 1.07 bits per heavy atom. The zero-order chi connectivity index (χ0) is 30.6. The van der Waals surface area contributed by atoms with Crippen molar-refractivity contribution in [1.29, 1.82) is 0 Å². The van der Waals surface area contributed by atoms with Crippen LogP contribution in [0.1, 0.15) is 18.1 Å². The van der Waals surface area contributed by atoms with E-state index < -0.39 is 17.3 Å². The molecule has 0 aliphatic carbocycles. The van der Waals surface area contributed by atoms with Crippen molar-refractivity contribution in [2.75, 3.05) is 39.5 Å². The Labute approximate surface area is 252 Å². The lowest BCUT2D eigenvalue weighted by Crippen LogP contribution is -2.43. The van der Waals surface area contributed by atoms with Gasteiger partial charge < -0.3 is 19.1 Å². The van der Waals surface area contributed by atoms with E-state index in [1.165, 1.54) is 18.3 Å². The van der Waals surface area contributed by atoms with Gasteiger partial charge in [-0.25, -0.2) is 4.98 Å². The number of carbonyl (C=O) groups is 1. The van der Waals surface area contributed by atoms with Gasteiger partial charge >= 0.3 is 6.18 Å². The predicted molar refractivity (Wildman–Crippen MR) is 158 cm³/mol. The van der Waals surface area contributed by atoms with Crippen LogP contribution in [0.3, 0.4) is 0 Å². The summed E-state index contributed by atoms with van der Waals surface area (Å²) in [4.78, 5) is 32.2. The minimum atomic E-state index is -4.58. The number of rotatable bonds is 8. The van der Waals surface area contributed by atoms with E-state index in [0.29, 0.717) is 60.0 Å². The Kier molecular flexibility index (Phi) is 9.11. The monoisotopic (exact) mass is 658 g/mol. The first kappa shape index (κ1) is 30.2. The highest BCUT2D eigenvalue weighted by Crippen LogP contribution is 2.34. The Bertz CT molecular complexity index is 1740. The smallest absolute Gasteiger partial charge is 0.416 e. The van der Waals surface area contributed by atoms with Crippen LogP contribution in [0, 0.1) is 0 Å². The van der Waals surface area contributed by atoms with Crippen molar-refractivity contribution in [1.82, 2.24) is 14.6 Å². The maximum Gasteiger partial charge on any atom is 0.416 e. The van der Waals surface area contributed by atoms with Gasteiger partial charge in [0.1, 0.15) is 0 Å². The molecule has 1 fully saturated rings. The van der Waals surface area contributed by atoms with Crippen molar-refractivity contribution in [3.63, 3.8) is 0 Å². The summed E-state index contributed by atoms with van der Waals surface area (Å²) < 4.78 is 58.8. The molecule has 1 aliphatic heterocycles. The molecule has 224 valence electrons. The normalized spacial score (nSPS) is 13.9. The van der Waals surface area contributed by atoms with Crippen LogP contribution in [0.15, 0.2) is 75.0 Å². The van der Waals surface area contributed by atoms with Gasteiger partial charge in [-0.15, -0.1) is 0 Å². The minimum absolute atomic E-state index is 0.0613. The highest BCUT2D eigenvalue weighted by atomic mass is 79.9. The van der Waals surface area contributed by atoms with E-state index in [1.54, 1.807) is 48.2 Å². The average molecular weight is 659 g/mol. The Balaban J connectivity index is 1.51. The quantitative estimate of drug-likeness (QED) is 0.237. The predicted octanol–water partition coefficient (Wildman–Crippen LogP) is 5.36. The van der Waals surface area contributed by atoms with E-state index >= 15 is 0 Å². The number of benzene rings is 3. The molecule has 5 rings (SSSR count). The van der Waals surface area contributed by atoms with Crippen molar-refractivity contribution >= 4 is 39.0 Å². The molecule has 13 heteroatoms. The molecule has 0 spiro atoms. The van der Waals surface area contributed by atoms with Crippen LogP contribution in [0.5, 0.6) is 11.5 Å². The van der Waals surface area contributed by atoms with E-state index in [9.17, 15) is 22.8 Å². The molecule has 0 saturated carbocycles. The lowest BCUT2D eigenvalue weighted by atomic mass is 10.1. The van der Waals surface area contributed by atoms with Gasteiger partial charge in [-0.05, 0) is 59.3 Å². The number of para-hydroxylation sites is 1. The number of hydrogen-bond acceptors (Lipinski definition) is 7. The summed E-state index contributed by atoms with van der Waals surface area (Å²) in [5.41, 5.74) is -0.575. The zero-order valence-corrected chi connectivity index (χ0v) is 24.5. The third kappa shape index (κ3) is 6.89. The largest absolute Gasteiger partial charge is 0.490 e. The van der Waals surface area contributed by atoms with E-state index in [4.69, 9.17) is 14.2 Å². The van der Waals surface area contributed by atoms with Gasteiger partial charge in [0.2, 0.25) is 0 Å². The number of carbonyl (C=O) groups excluding carboxylic acids is 1. The van der Waals surface area contributed by atoms with Crippen molar-refractivity contribution < 1.29 is 32.2 Å². The molecule has 0 N–H and O–H groups in total. The molecule has 1 saturated heterocycles. The fraction of sp³-hybridized carbons (Fsp3) is 0.267. The second kappa shape index (κ2) is 13.0. The van der Waals surface area contributed by atoms with Gasteiger partial charge in [0, 0.05) is 28.7 Å². The lowest BCUT2D eigenvalue weighted by molar-refractivity contribution is -0.138. The van der Waals surface area contributed by atoms with Crippen molar-refractivity contribution in [2.24, 2.45) is 5.10 Å². The van der Waals surface area contributed by atoms with Crippen LogP contribution in [0.2, 0.25) is 0 Å². The summed E-state index contributed by atoms with van der Waals surface area (Å²) in [6, 6.07) is 14.3. The lowest BCUT2D eigenvalue weighted by Gasteiger charge is -2.26. The maximum atomic E-state index is 13.5. The second-order valence-electron chi connectivity index (χ2n) is 9.43. The number of morpholine rings is 1. The number of hydrogen-bond donors (Lipinski definition) is 0. The third-order valence-electron chi connectivity index (χ3n) is 6.59. The molecular weight excluding hydrogens is 633 g/mol. The summed E-state index contributed by atoms with van der Waals surface area (Å²) in [7, 11) is 0. The highest BCUT2D eigenvalue weighted by molar-refractivity contribution is 9.10. The number of alkyl halides is 3. The van der Waals surface area contributed by atoms with Crippen LogP contribution in [-0.2, 0) is 15.7 Å². The van der Waals surface area contributed by atoms with Gasteiger partial charge in [-0.2, -0.15) is 22.9 Å². The molecule has 1 aliphatic rings. The fourth-order valence-electron chi connectivity index (χ4n) is 4.45. The molecule has 0 radical (unpaired) electrons. The van der Waals surface area contributed by atoms with E-state index in [0.717, 1.165) is 16.8 Å². The first-order chi connectivity index (χ1) is 20.7. The molecule has 1 aromatic heterocycles. The number of ether oxygens (including phenoxy) is 3. The molecule has 9 nitrogen and oxygen atoms in total. The van der Waals surface area contributed by atoms with Crippen molar-refractivity contribution in [3.8, 4) is 22.9 Å². The van der Waals surface area contributed by atoms with Crippen LogP contribution >= 0.6 is 15.9 Å². The highest BCUT2D eigenvalue weighted by Gasteiger charge is 2.31. The molecule has 4 aromatic rings. The molecule has 0 bridgehead atoms. The van der Waals surface area contributed by atoms with Gasteiger partial charge in [0.05, 0.1) is 42.5 Å². The topological polar surface area (TPSA) is 95.2 Å². The standard InChI is InChI=1S/C30H26BrF3N4O5/c1-2-42-25-15-20(23(31)16-26(25)43-18-27(39)37-10-12-41-13-11-37)17-35-38-28(19-6-5-7-21(14-19)30(32,33)34)36-24-9-4-3-8-22(24)29(38)40/h3-9,14-17H,2,10-13,18H2,1H3. The molecular formula is C30H26BrF3N4O5. The molecule has 2 heterocycles. The summed E-state index contributed by atoms with van der Waals surface area (Å²) in [5.74, 6) is 0.414. The van der Waals surface area contributed by atoms with Gasteiger partial charge in [0.25, 0.3) is 11.5 Å². The van der Waals surface area contributed by atoms with Crippen LogP contribution in [-0.4, -0.2) is 66.2 Å². The van der Waals surface area contributed by atoms with Crippen LogP contribution < -0.4 is 15.0 Å². The SMILES string of the molecule is CCOc1cc(C=Nn2c(-c3cccc(C(F)(F)F)c3)nc3ccccc3c2=O)c(Br)cc1OCC(=O)N1CCOCC1. The Hall–Kier alpha value is -4.23. The first-order valence-corrected chi connectivity index (χ1v) is 14.1. The van der Waals surface area contributed by atoms with Crippen LogP contribution in [0.4, 0.5) is 13.2 Å². The number of halogens is 4. The van der Waals surface area contributed by atoms with Crippen molar-refractivity contribution in [2.45, 2.75) is 13.1 Å². The Morgan fingerprint density at radius 2 is 1.81 bits per heavy atom. The number of amides is 1. The summed E-state index contributed by atoms with van der Waals surface area (Å²) in [5, 5.41) is 4.61. The minimum Gasteiger partial charge on any atom is -0.490 e. The number of nitrogens with zero attached hydrogens (tertiary/aromatic N) is 4. The zero-order valence-electron chi connectivity index (χ0n) is 22.9. The summed E-state index contributed by atoms with van der Waals surface area (Å²) in [6.07, 6.45) is -3.22. The van der Waals surface area contributed by atoms with Gasteiger partial charge in [0.15, 0.2) is 23.9 Å². The van der Waals surface area contributed by atoms with Crippen molar-refractivity contribution in [3.05, 3.63) is 86.6 Å². The van der Waals surface area contributed by atoms with E-state index in [-0.39, 0.29) is 29.3 Å². The van der Waals surface area contributed by atoms with E-state index in [2.05, 4.69) is 26.0 Å². The molecule has 0 atom stereocenters. The average Bonchev–Trinajstić information content (AvgIpc) is 3.01. The first-order valence-electron chi connectivity index (χ1n) is 13.3. The fourth-order valence-corrected chi connectivity index (χ4v) is 4.87. The van der Waals surface area contributed by atoms with E-state index in [1.807, 2.05) is 0 Å². The summed E-state index contributed by atoms with van der Waals surface area (Å²) in [6.45, 7) is 3.83. The Morgan fingerprint density at radius 3 is 2.56 bits per heavy atom. The molecule has 0 unspecified atom stereocenters. The van der Waals surface area contributed by atoms with Gasteiger partial charge in [-0.1, -0.05) is 24.3 Å². The third-order valence-corrected chi connectivity index (χ3v) is 7.28. The maximum absolute atomic E-state index is 13.5. The molecule has 3 aromatic carbocycles. The molecule has 43 heavy (non-hydrogen) atoms. The van der Waals surface area contributed by atoms with Crippen LogP contribution in [0.25, 0.3) is 22.3 Å². The molecule has 1 amide bonds. The number of fused-ring (bicyclic) bond motifs is 1. The second-order valence-corrected chi connectivity index (χ2v) is 10.3. The van der Waals surface area contributed by atoms with Gasteiger partial charge in [-0.3, -0.25) is 9.59 Å².